The van der Waals surface area contributed by atoms with Gasteiger partial charge in [-0.2, -0.15) is 0 Å². The van der Waals surface area contributed by atoms with Crippen molar-refractivity contribution >= 4 is 5.95 Å². The molecule has 0 aliphatic rings. The summed E-state index contributed by atoms with van der Waals surface area (Å²) in [7, 11) is 0. The number of hydrogen-bond acceptors (Lipinski definition) is 4. The quantitative estimate of drug-likeness (QED) is 0.777. The first-order valence-electron chi connectivity index (χ1n) is 6.60. The lowest BCUT2D eigenvalue weighted by atomic mass is 10.0. The Balaban J connectivity index is 2.05. The average molecular weight is 256 g/mol. The Morgan fingerprint density at radius 3 is 2.84 bits per heavy atom. The molecule has 0 saturated carbocycles. The third-order valence-electron chi connectivity index (χ3n) is 3.01. The molecule has 0 spiro atoms. The third kappa shape index (κ3) is 4.03. The zero-order chi connectivity index (χ0) is 13.5. The maximum atomic E-state index is 5.46. The van der Waals surface area contributed by atoms with Gasteiger partial charge in [0.05, 0.1) is 5.69 Å². The Kier molecular flexibility index (Phi) is 4.86. The van der Waals surface area contributed by atoms with Crippen molar-refractivity contribution in [1.82, 2.24) is 9.97 Å². The molecule has 0 amide bonds. The van der Waals surface area contributed by atoms with Crippen LogP contribution in [0.25, 0.3) is 0 Å². The van der Waals surface area contributed by atoms with Crippen LogP contribution in [0.1, 0.15) is 23.2 Å². The van der Waals surface area contributed by atoms with E-state index in [4.69, 9.17) is 5.73 Å². The summed E-state index contributed by atoms with van der Waals surface area (Å²) in [5, 5.41) is 3.18. The van der Waals surface area contributed by atoms with Gasteiger partial charge < -0.3 is 11.1 Å². The lowest BCUT2D eigenvalue weighted by molar-refractivity contribution is 0.860. The van der Waals surface area contributed by atoms with Crippen LogP contribution in [-0.2, 0) is 6.42 Å². The van der Waals surface area contributed by atoms with E-state index in [0.717, 1.165) is 25.1 Å². The Bertz CT molecular complexity index is 525. The van der Waals surface area contributed by atoms with Crippen molar-refractivity contribution in [2.75, 3.05) is 18.4 Å². The highest BCUT2D eigenvalue weighted by Gasteiger charge is 2.02. The summed E-state index contributed by atoms with van der Waals surface area (Å²) in [6, 6.07) is 10.3. The molecule has 100 valence electrons. The van der Waals surface area contributed by atoms with Gasteiger partial charge in [0.1, 0.15) is 0 Å². The number of hydrogen-bond donors (Lipinski definition) is 2. The molecule has 0 radical (unpaired) electrons. The lowest BCUT2D eigenvalue weighted by Gasteiger charge is -2.07. The monoisotopic (exact) mass is 256 g/mol. The molecule has 2 aromatic rings. The maximum Gasteiger partial charge on any atom is 0.222 e. The van der Waals surface area contributed by atoms with Gasteiger partial charge in [0.2, 0.25) is 5.95 Å². The number of nitrogens with one attached hydrogen (secondary N) is 1. The Morgan fingerprint density at radius 1 is 1.21 bits per heavy atom. The smallest absolute Gasteiger partial charge is 0.222 e. The van der Waals surface area contributed by atoms with Crippen molar-refractivity contribution in [2.24, 2.45) is 5.73 Å². The van der Waals surface area contributed by atoms with Crippen molar-refractivity contribution in [3.8, 4) is 0 Å². The molecule has 3 N–H and O–H groups in total. The Morgan fingerprint density at radius 2 is 2.05 bits per heavy atom. The van der Waals surface area contributed by atoms with Crippen LogP contribution in [0.4, 0.5) is 5.95 Å². The Labute approximate surface area is 114 Å². The highest BCUT2D eigenvalue weighted by atomic mass is 15.1. The van der Waals surface area contributed by atoms with E-state index in [2.05, 4.69) is 46.5 Å². The van der Waals surface area contributed by atoms with E-state index in [1.165, 1.54) is 11.1 Å². The van der Waals surface area contributed by atoms with Crippen LogP contribution < -0.4 is 11.1 Å². The van der Waals surface area contributed by atoms with Crippen LogP contribution in [0.15, 0.2) is 36.5 Å². The van der Waals surface area contributed by atoms with E-state index < -0.39 is 0 Å². The van der Waals surface area contributed by atoms with Gasteiger partial charge >= 0.3 is 0 Å². The van der Waals surface area contributed by atoms with Gasteiger partial charge in [0.15, 0.2) is 0 Å². The second-order valence-electron chi connectivity index (χ2n) is 4.54. The van der Waals surface area contributed by atoms with Crippen LogP contribution in [-0.4, -0.2) is 23.1 Å². The largest absolute Gasteiger partial charge is 0.354 e. The van der Waals surface area contributed by atoms with Crippen molar-refractivity contribution in [1.29, 1.82) is 0 Å². The first-order chi connectivity index (χ1) is 9.29. The van der Waals surface area contributed by atoms with E-state index in [0.29, 0.717) is 12.5 Å². The SMILES string of the molecule is Cc1ccccc1Cc1ccnc(NCCCN)n1. The molecule has 0 bridgehead atoms. The predicted octanol–water partition coefficient (Wildman–Crippen LogP) is 2.14. The molecular weight excluding hydrogens is 236 g/mol. The molecule has 0 atom stereocenters. The van der Waals surface area contributed by atoms with Crippen molar-refractivity contribution in [3.05, 3.63) is 53.3 Å². The number of benzene rings is 1. The predicted molar refractivity (Wildman–Crippen MR) is 78.2 cm³/mol. The molecule has 1 aromatic heterocycles. The van der Waals surface area contributed by atoms with Gasteiger partial charge in [-0.3, -0.25) is 0 Å². The zero-order valence-electron chi connectivity index (χ0n) is 11.3. The van der Waals surface area contributed by atoms with Gasteiger partial charge in [0.25, 0.3) is 0 Å². The van der Waals surface area contributed by atoms with Gasteiger partial charge in [-0.05, 0) is 37.1 Å². The summed E-state index contributed by atoms with van der Waals surface area (Å²) in [5.74, 6) is 0.680. The summed E-state index contributed by atoms with van der Waals surface area (Å²) >= 11 is 0. The molecule has 0 saturated heterocycles. The molecule has 1 aromatic carbocycles. The van der Waals surface area contributed by atoms with Crippen molar-refractivity contribution in [2.45, 2.75) is 19.8 Å². The molecule has 4 nitrogen and oxygen atoms in total. The van der Waals surface area contributed by atoms with E-state index in [9.17, 15) is 0 Å². The number of anilines is 1. The minimum Gasteiger partial charge on any atom is -0.354 e. The molecule has 4 heteroatoms. The fraction of sp³-hybridized carbons (Fsp3) is 0.333. The fourth-order valence-electron chi connectivity index (χ4n) is 1.89. The second kappa shape index (κ2) is 6.85. The number of rotatable bonds is 6. The molecule has 0 aliphatic heterocycles. The van der Waals surface area contributed by atoms with E-state index in [-0.39, 0.29) is 0 Å². The van der Waals surface area contributed by atoms with Crippen LogP contribution >= 0.6 is 0 Å². The fourth-order valence-corrected chi connectivity index (χ4v) is 1.89. The van der Waals surface area contributed by atoms with E-state index in [1.54, 1.807) is 6.20 Å². The van der Waals surface area contributed by atoms with Gasteiger partial charge in [-0.15, -0.1) is 0 Å². The molecular formula is C15H20N4. The number of nitrogens with two attached hydrogens (primary N) is 1. The normalized spacial score (nSPS) is 10.4. The van der Waals surface area contributed by atoms with Crippen molar-refractivity contribution in [3.63, 3.8) is 0 Å². The molecule has 0 fully saturated rings. The van der Waals surface area contributed by atoms with Gasteiger partial charge in [-0.25, -0.2) is 9.97 Å². The molecule has 1 heterocycles. The summed E-state index contributed by atoms with van der Waals surface area (Å²) in [6.45, 7) is 3.61. The van der Waals surface area contributed by atoms with E-state index >= 15 is 0 Å². The van der Waals surface area contributed by atoms with Crippen LogP contribution in [0.2, 0.25) is 0 Å². The Hall–Kier alpha value is -1.94. The summed E-state index contributed by atoms with van der Waals surface area (Å²) in [4.78, 5) is 8.73. The van der Waals surface area contributed by atoms with Crippen molar-refractivity contribution < 1.29 is 0 Å². The molecule has 19 heavy (non-hydrogen) atoms. The summed E-state index contributed by atoms with van der Waals surface area (Å²) in [5.41, 5.74) is 9.08. The average Bonchev–Trinajstić information content (AvgIpc) is 2.42. The molecule has 0 unspecified atom stereocenters. The topological polar surface area (TPSA) is 63.8 Å². The van der Waals surface area contributed by atoms with Gasteiger partial charge in [0, 0.05) is 19.2 Å². The van der Waals surface area contributed by atoms with Crippen LogP contribution in [0, 0.1) is 6.92 Å². The zero-order valence-corrected chi connectivity index (χ0v) is 11.3. The maximum absolute atomic E-state index is 5.46. The molecule has 0 aliphatic carbocycles. The third-order valence-corrected chi connectivity index (χ3v) is 3.01. The minimum atomic E-state index is 0.676. The first-order valence-corrected chi connectivity index (χ1v) is 6.60. The lowest BCUT2D eigenvalue weighted by Crippen LogP contribution is -2.11. The standard InChI is InChI=1S/C15H20N4/c1-12-5-2-3-6-13(12)11-14-7-10-18-15(19-14)17-9-4-8-16/h2-3,5-7,10H,4,8-9,11,16H2,1H3,(H,17,18,19). The number of nitrogens with zero attached hydrogens (tertiary/aromatic N) is 2. The van der Waals surface area contributed by atoms with Crippen LogP contribution in [0.5, 0.6) is 0 Å². The highest BCUT2D eigenvalue weighted by molar-refractivity contribution is 5.32. The van der Waals surface area contributed by atoms with E-state index in [1.807, 2.05) is 6.07 Å². The number of aryl methyl sites for hydroxylation is 1. The highest BCUT2D eigenvalue weighted by Crippen LogP contribution is 2.12. The first kappa shape index (κ1) is 13.5. The minimum absolute atomic E-state index is 0.676. The summed E-state index contributed by atoms with van der Waals surface area (Å²) < 4.78 is 0. The summed E-state index contributed by atoms with van der Waals surface area (Å²) in [6.07, 6.45) is 3.55. The van der Waals surface area contributed by atoms with Crippen LogP contribution in [0.3, 0.4) is 0 Å². The number of aromatic nitrogens is 2. The second-order valence-corrected chi connectivity index (χ2v) is 4.54. The van der Waals surface area contributed by atoms with Gasteiger partial charge in [-0.1, -0.05) is 24.3 Å². The molecule has 2 rings (SSSR count).